The third-order valence-corrected chi connectivity index (χ3v) is 4.83. The molecule has 0 spiro atoms. The third-order valence-electron chi connectivity index (χ3n) is 4.56. The predicted octanol–water partition coefficient (Wildman–Crippen LogP) is 7.09. The van der Waals surface area contributed by atoms with Crippen LogP contribution < -0.4 is 0 Å². The van der Waals surface area contributed by atoms with E-state index in [1.807, 2.05) is 6.08 Å². The minimum Gasteiger partial charge on any atom is -0.378 e. The zero-order valence-corrected chi connectivity index (χ0v) is 17.2. The molecule has 0 heterocycles. The van der Waals surface area contributed by atoms with Crippen molar-refractivity contribution in [2.45, 2.75) is 97.4 Å². The van der Waals surface area contributed by atoms with Crippen LogP contribution in [0.4, 0.5) is 0 Å². The minimum absolute atomic E-state index is 0.484. The molecule has 0 amide bonds. The molecule has 0 saturated heterocycles. The first-order valence-corrected chi connectivity index (χ1v) is 10.2. The van der Waals surface area contributed by atoms with Crippen LogP contribution in [-0.2, 0) is 0 Å². The van der Waals surface area contributed by atoms with E-state index in [1.165, 1.54) is 56.9 Å². The van der Waals surface area contributed by atoms with E-state index in [-0.39, 0.29) is 0 Å². The summed E-state index contributed by atoms with van der Waals surface area (Å²) in [6.45, 7) is 11.6. The predicted molar refractivity (Wildman–Crippen MR) is 103 cm³/mol. The van der Waals surface area contributed by atoms with Gasteiger partial charge in [-0.3, -0.25) is 0 Å². The second-order valence-corrected chi connectivity index (χ2v) is 8.68. The molecular formula is C20H39BrO. The topological polar surface area (TPSA) is 20.2 Å². The molecular weight excluding hydrogens is 336 g/mol. The number of hydrogen-bond acceptors (Lipinski definition) is 1. The van der Waals surface area contributed by atoms with Crippen molar-refractivity contribution in [3.63, 3.8) is 0 Å². The lowest BCUT2D eigenvalue weighted by Gasteiger charge is -2.15. The average Bonchev–Trinajstić information content (AvgIpc) is 2.37. The van der Waals surface area contributed by atoms with E-state index in [2.05, 4.69) is 50.5 Å². The minimum atomic E-state index is -0.484. The highest BCUT2D eigenvalue weighted by atomic mass is 79.9. The Morgan fingerprint density at radius 2 is 1.32 bits per heavy atom. The molecule has 0 saturated carbocycles. The van der Waals surface area contributed by atoms with Crippen molar-refractivity contribution >= 4 is 15.9 Å². The molecule has 1 unspecified atom stereocenters. The van der Waals surface area contributed by atoms with E-state index >= 15 is 0 Å². The lowest BCUT2D eigenvalue weighted by atomic mass is 9.91. The van der Waals surface area contributed by atoms with Crippen molar-refractivity contribution in [2.24, 2.45) is 17.8 Å². The van der Waals surface area contributed by atoms with Crippen LogP contribution in [0.5, 0.6) is 0 Å². The molecule has 0 aliphatic heterocycles. The second-order valence-electron chi connectivity index (χ2n) is 7.74. The van der Waals surface area contributed by atoms with Crippen molar-refractivity contribution < 1.29 is 5.11 Å². The van der Waals surface area contributed by atoms with Crippen LogP contribution >= 0.6 is 15.9 Å². The Bertz CT molecular complexity index is 283. The summed E-state index contributed by atoms with van der Waals surface area (Å²) in [5.41, 5.74) is 1.29. The van der Waals surface area contributed by atoms with E-state index in [9.17, 15) is 5.11 Å². The summed E-state index contributed by atoms with van der Waals surface area (Å²) >= 11 is 3.15. The molecule has 22 heavy (non-hydrogen) atoms. The molecule has 3 atom stereocenters. The van der Waals surface area contributed by atoms with Crippen molar-refractivity contribution in [3.8, 4) is 0 Å². The lowest BCUT2D eigenvalue weighted by molar-refractivity contribution is 0.315. The van der Waals surface area contributed by atoms with Gasteiger partial charge in [-0.15, -0.1) is 0 Å². The van der Waals surface area contributed by atoms with Gasteiger partial charge in [0.2, 0.25) is 0 Å². The molecule has 0 fully saturated rings. The van der Waals surface area contributed by atoms with Gasteiger partial charge in [-0.1, -0.05) is 94.1 Å². The molecule has 0 radical (unpaired) electrons. The molecule has 0 aromatic carbocycles. The molecule has 0 aliphatic rings. The average molecular weight is 375 g/mol. The van der Waals surface area contributed by atoms with Crippen molar-refractivity contribution in [2.75, 3.05) is 0 Å². The Kier molecular flexibility index (Phi) is 13.7. The van der Waals surface area contributed by atoms with Gasteiger partial charge in [-0.2, -0.15) is 0 Å². The van der Waals surface area contributed by atoms with E-state index < -0.39 is 5.01 Å². The van der Waals surface area contributed by atoms with Gasteiger partial charge < -0.3 is 5.11 Å². The Morgan fingerprint density at radius 1 is 0.864 bits per heavy atom. The Morgan fingerprint density at radius 3 is 1.77 bits per heavy atom. The van der Waals surface area contributed by atoms with Crippen LogP contribution in [0.25, 0.3) is 0 Å². The number of halogens is 1. The van der Waals surface area contributed by atoms with Crippen LogP contribution in [0.2, 0.25) is 0 Å². The Hall–Kier alpha value is 0.180. The summed E-state index contributed by atoms with van der Waals surface area (Å²) in [7, 11) is 0. The van der Waals surface area contributed by atoms with Crippen LogP contribution in [0.15, 0.2) is 11.6 Å². The molecule has 0 aliphatic carbocycles. The van der Waals surface area contributed by atoms with Gasteiger partial charge in [0.25, 0.3) is 0 Å². The van der Waals surface area contributed by atoms with Crippen molar-refractivity contribution in [3.05, 3.63) is 11.6 Å². The van der Waals surface area contributed by atoms with Crippen LogP contribution in [-0.4, -0.2) is 10.1 Å². The summed E-state index contributed by atoms with van der Waals surface area (Å²) in [5, 5.41) is 8.75. The molecule has 0 aromatic heterocycles. The van der Waals surface area contributed by atoms with E-state index in [4.69, 9.17) is 0 Å². The molecule has 132 valence electrons. The highest BCUT2D eigenvalue weighted by molar-refractivity contribution is 9.09. The molecule has 2 heteroatoms. The number of alkyl halides is 1. The first-order valence-electron chi connectivity index (χ1n) is 9.30. The first kappa shape index (κ1) is 22.2. The quantitative estimate of drug-likeness (QED) is 0.269. The number of aliphatic hydroxyl groups is 1. The number of rotatable bonds is 13. The summed E-state index contributed by atoms with van der Waals surface area (Å²) in [4.78, 5) is 0. The van der Waals surface area contributed by atoms with Gasteiger partial charge in [0.1, 0.15) is 5.01 Å². The lowest BCUT2D eigenvalue weighted by Crippen LogP contribution is -2.00. The number of allylic oxidation sites excluding steroid dienone is 1. The Labute approximate surface area is 148 Å². The molecule has 0 bridgehead atoms. The van der Waals surface area contributed by atoms with Crippen molar-refractivity contribution in [1.29, 1.82) is 0 Å². The summed E-state index contributed by atoms with van der Waals surface area (Å²) in [5.74, 6) is 2.59. The zero-order valence-electron chi connectivity index (χ0n) is 15.6. The second kappa shape index (κ2) is 13.6. The fourth-order valence-electron chi connectivity index (χ4n) is 3.03. The third kappa shape index (κ3) is 15.1. The maximum atomic E-state index is 9.23. The largest absolute Gasteiger partial charge is 0.378 e. The fourth-order valence-corrected chi connectivity index (χ4v) is 3.48. The fraction of sp³-hybridized carbons (Fsp3) is 0.900. The zero-order chi connectivity index (χ0) is 17.0. The monoisotopic (exact) mass is 374 g/mol. The summed E-state index contributed by atoms with van der Waals surface area (Å²) in [6.07, 6.45) is 13.9. The molecule has 1 N–H and O–H groups in total. The van der Waals surface area contributed by atoms with Gasteiger partial charge in [-0.25, -0.2) is 0 Å². The van der Waals surface area contributed by atoms with E-state index in [1.54, 1.807) is 0 Å². The maximum Gasteiger partial charge on any atom is 0.127 e. The van der Waals surface area contributed by atoms with Gasteiger partial charge in [-0.05, 0) is 43.6 Å². The number of hydrogen-bond donors (Lipinski definition) is 1. The summed E-state index contributed by atoms with van der Waals surface area (Å²) < 4.78 is 0. The smallest absolute Gasteiger partial charge is 0.127 e. The molecule has 1 nitrogen and oxygen atoms in total. The maximum absolute atomic E-state index is 9.23. The highest BCUT2D eigenvalue weighted by Crippen LogP contribution is 2.22. The van der Waals surface area contributed by atoms with Gasteiger partial charge in [0.05, 0.1) is 0 Å². The van der Waals surface area contributed by atoms with Gasteiger partial charge in [0, 0.05) is 0 Å². The summed E-state index contributed by atoms with van der Waals surface area (Å²) in [6, 6.07) is 0. The SMILES string of the molecule is C/C(=C\C(O)Br)CCC[C@H](C)CCC[C@H](C)CCCC(C)C. The van der Waals surface area contributed by atoms with Crippen LogP contribution in [0, 0.1) is 17.8 Å². The van der Waals surface area contributed by atoms with Gasteiger partial charge in [0.15, 0.2) is 0 Å². The van der Waals surface area contributed by atoms with E-state index in [0.717, 1.165) is 24.2 Å². The van der Waals surface area contributed by atoms with E-state index in [0.29, 0.717) is 0 Å². The number of aliphatic hydroxyl groups excluding tert-OH is 1. The first-order chi connectivity index (χ1) is 10.3. The standard InChI is InChI=1S/C20H39BrO/c1-16(2)9-6-10-17(3)11-7-12-18(4)13-8-14-19(5)15-20(21)22/h15-18,20,22H,6-14H2,1-5H3/b19-15+/t17-,18-,20?/m1/s1. The van der Waals surface area contributed by atoms with Crippen LogP contribution in [0.1, 0.15) is 92.4 Å². The highest BCUT2D eigenvalue weighted by Gasteiger charge is 2.06. The molecule has 0 rings (SSSR count). The van der Waals surface area contributed by atoms with Crippen molar-refractivity contribution in [1.82, 2.24) is 0 Å². The van der Waals surface area contributed by atoms with Gasteiger partial charge >= 0.3 is 0 Å². The normalized spacial score (nSPS) is 16.8. The van der Waals surface area contributed by atoms with Crippen LogP contribution in [0.3, 0.4) is 0 Å². The Balaban J connectivity index is 3.58. The molecule has 0 aromatic rings.